The van der Waals surface area contributed by atoms with Gasteiger partial charge in [-0.3, -0.25) is 0 Å². The highest BCUT2D eigenvalue weighted by Crippen LogP contribution is 2.29. The molecular weight excluding hydrogens is 481 g/mol. The number of rotatable bonds is 3. The van der Waals surface area contributed by atoms with Crippen LogP contribution in [0.1, 0.15) is 21.7 Å². The minimum Gasteiger partial charge on any atom is -0.538 e. The molecule has 2 aromatic carbocycles. The molecule has 0 atom stereocenters. The quantitative estimate of drug-likeness (QED) is 0.391. The summed E-state index contributed by atoms with van der Waals surface area (Å²) in [6.45, 7) is 16.5. The summed E-state index contributed by atoms with van der Waals surface area (Å²) < 4.78 is 20.9. The summed E-state index contributed by atoms with van der Waals surface area (Å²) in [5, 5.41) is 11.7. The van der Waals surface area contributed by atoms with E-state index in [0.29, 0.717) is 0 Å². The molecule has 3 aromatic rings. The van der Waals surface area contributed by atoms with Gasteiger partial charge in [-0.1, -0.05) is 36.4 Å². The number of aromatic carboxylic acids is 1. The largest absolute Gasteiger partial charge is 0.538 e. The Kier molecular flexibility index (Phi) is 7.51. The first kappa shape index (κ1) is 26.3. The van der Waals surface area contributed by atoms with Crippen molar-refractivity contribution in [2.75, 3.05) is 0 Å². The van der Waals surface area contributed by atoms with Crippen LogP contribution in [0, 0.1) is 13.8 Å². The average molecular weight is 515 g/mol. The van der Waals surface area contributed by atoms with Crippen molar-refractivity contribution in [1.29, 1.82) is 0 Å². The monoisotopic (exact) mass is 514 g/mol. The minimum absolute atomic E-state index is 0.101. The standard InChI is InChI=1S/C18H16N2O2.C6H18O3Si3/c1-13-7-3-5-9-15(13)19-11-12-20(17(19)18(21)22)16-10-6-4-8-14(16)2;1-10(2)7-11(3,4)9-12(5,6)8-10/h3-12H,1-2H3;1-6H3. The zero-order chi connectivity index (χ0) is 25.3. The molecule has 0 amide bonds. The number of para-hydroxylation sites is 2. The van der Waals surface area contributed by atoms with Gasteiger partial charge in [-0.25, -0.2) is 0 Å². The number of aromatic nitrogens is 2. The highest BCUT2D eigenvalue weighted by molar-refractivity contribution is 6.92. The number of hydrogen-bond acceptors (Lipinski definition) is 5. The number of hydrogen-bond donors (Lipinski definition) is 0. The summed E-state index contributed by atoms with van der Waals surface area (Å²) in [4.78, 5) is 11.7. The van der Waals surface area contributed by atoms with Gasteiger partial charge in [-0.15, -0.1) is 0 Å². The van der Waals surface area contributed by atoms with Crippen LogP contribution in [0.2, 0.25) is 39.3 Å². The molecule has 0 bridgehead atoms. The number of imidazole rings is 1. The Balaban J connectivity index is 0.000000229. The van der Waals surface area contributed by atoms with Crippen molar-refractivity contribution >= 4 is 31.7 Å². The molecule has 0 saturated carbocycles. The molecule has 1 saturated heterocycles. The molecule has 4 rings (SSSR count). The van der Waals surface area contributed by atoms with E-state index < -0.39 is 31.7 Å². The maximum Gasteiger partial charge on any atom is 0.315 e. The molecule has 0 radical (unpaired) electrons. The Labute approximate surface area is 205 Å². The predicted molar refractivity (Wildman–Crippen MR) is 137 cm³/mol. The molecule has 0 aliphatic carbocycles. The average Bonchev–Trinajstić information content (AvgIpc) is 3.10. The molecular formula is C24H34N2O5Si3. The second kappa shape index (κ2) is 9.72. The lowest BCUT2D eigenvalue weighted by Gasteiger charge is -2.46. The first-order valence-electron chi connectivity index (χ1n) is 11.3. The minimum atomic E-state index is -1.86. The smallest absolute Gasteiger partial charge is 0.315 e. The topological polar surface area (TPSA) is 76.6 Å². The van der Waals surface area contributed by atoms with Crippen molar-refractivity contribution in [3.63, 3.8) is 0 Å². The molecule has 0 N–H and O–H groups in total. The summed E-state index contributed by atoms with van der Waals surface area (Å²) in [6, 6.07) is 15.3. The summed E-state index contributed by atoms with van der Waals surface area (Å²) in [5.74, 6) is -1.11. The summed E-state index contributed by atoms with van der Waals surface area (Å²) in [6.07, 6.45) is 3.50. The molecule has 7 nitrogen and oxygen atoms in total. The van der Waals surface area contributed by atoms with Crippen molar-refractivity contribution in [2.24, 2.45) is 0 Å². The summed E-state index contributed by atoms with van der Waals surface area (Å²) in [7, 11) is -5.59. The molecule has 1 aromatic heterocycles. The predicted octanol–water partition coefficient (Wildman–Crippen LogP) is 3.89. The highest BCUT2D eigenvalue weighted by atomic mass is 28.5. The summed E-state index contributed by atoms with van der Waals surface area (Å²) >= 11 is 0. The van der Waals surface area contributed by atoms with Gasteiger partial charge in [-0.2, -0.15) is 9.13 Å². The molecule has 0 spiro atoms. The van der Waals surface area contributed by atoms with Crippen molar-refractivity contribution in [1.82, 2.24) is 4.57 Å². The highest BCUT2D eigenvalue weighted by Gasteiger charge is 2.50. The molecule has 34 heavy (non-hydrogen) atoms. The second-order valence-corrected chi connectivity index (χ2v) is 20.6. The van der Waals surface area contributed by atoms with Crippen LogP contribution in [0.3, 0.4) is 0 Å². The molecule has 182 valence electrons. The van der Waals surface area contributed by atoms with Crippen LogP contribution >= 0.6 is 0 Å². The van der Waals surface area contributed by atoms with E-state index >= 15 is 0 Å². The van der Waals surface area contributed by atoms with E-state index in [1.165, 1.54) is 0 Å². The Morgan fingerprint density at radius 3 is 1.74 bits per heavy atom. The van der Waals surface area contributed by atoms with E-state index in [9.17, 15) is 9.90 Å². The third-order valence-electron chi connectivity index (χ3n) is 5.23. The third-order valence-corrected chi connectivity index (χ3v) is 17.0. The third kappa shape index (κ3) is 6.20. The fourth-order valence-corrected chi connectivity index (χ4v) is 20.3. The normalized spacial score (nSPS) is 18.0. The fourth-order valence-electron chi connectivity index (χ4n) is 4.48. The van der Waals surface area contributed by atoms with Crippen LogP contribution in [-0.2, 0) is 12.3 Å². The SMILES string of the molecule is C[Si]1(C)O[Si](C)(C)O[Si](C)(C)O1.Cc1ccccc1-n1cc[n+](-c2ccccc2C)c1C(=O)[O-]. The van der Waals surface area contributed by atoms with Crippen LogP contribution in [0.5, 0.6) is 0 Å². The van der Waals surface area contributed by atoms with E-state index in [1.807, 2.05) is 62.4 Å². The van der Waals surface area contributed by atoms with Gasteiger partial charge >= 0.3 is 31.5 Å². The van der Waals surface area contributed by atoms with E-state index in [2.05, 4.69) is 39.3 Å². The van der Waals surface area contributed by atoms with Gasteiger partial charge < -0.3 is 22.2 Å². The van der Waals surface area contributed by atoms with E-state index in [0.717, 1.165) is 22.5 Å². The molecule has 1 aliphatic heterocycles. The van der Waals surface area contributed by atoms with Crippen molar-refractivity contribution < 1.29 is 26.8 Å². The van der Waals surface area contributed by atoms with Crippen molar-refractivity contribution in [3.8, 4) is 11.4 Å². The number of carbonyl (C=O) groups excluding carboxylic acids is 1. The number of nitrogens with zero attached hydrogens (tertiary/aromatic N) is 2. The van der Waals surface area contributed by atoms with Gasteiger partial charge in [0.15, 0.2) is 5.97 Å². The lowest BCUT2D eigenvalue weighted by molar-refractivity contribution is -0.601. The number of carboxylic acids is 1. The lowest BCUT2D eigenvalue weighted by atomic mass is 10.2. The molecule has 2 heterocycles. The van der Waals surface area contributed by atoms with Gasteiger partial charge in [0.25, 0.3) is 0 Å². The number of benzene rings is 2. The zero-order valence-corrected chi connectivity index (χ0v) is 24.2. The number of carboxylic acid groups (broad SMARTS) is 1. The Hall–Kier alpha value is -2.35. The van der Waals surface area contributed by atoms with Gasteiger partial charge in [0, 0.05) is 0 Å². The van der Waals surface area contributed by atoms with E-state index in [1.54, 1.807) is 21.5 Å². The Morgan fingerprint density at radius 1 is 0.794 bits per heavy atom. The number of aryl methyl sites for hydroxylation is 2. The van der Waals surface area contributed by atoms with Gasteiger partial charge in [0.2, 0.25) is 0 Å². The Bertz CT molecular complexity index is 1080. The molecule has 1 aliphatic rings. The van der Waals surface area contributed by atoms with Gasteiger partial charge in [0.1, 0.15) is 23.8 Å². The van der Waals surface area contributed by atoms with Crippen LogP contribution in [0.15, 0.2) is 60.9 Å². The Morgan fingerprint density at radius 2 is 1.26 bits per heavy atom. The fraction of sp³-hybridized carbons (Fsp3) is 0.333. The maximum atomic E-state index is 11.7. The van der Waals surface area contributed by atoms with Crippen LogP contribution in [0.25, 0.3) is 11.4 Å². The van der Waals surface area contributed by atoms with Crippen molar-refractivity contribution in [2.45, 2.75) is 53.1 Å². The lowest BCUT2D eigenvalue weighted by Crippen LogP contribution is -2.64. The molecule has 1 fully saturated rings. The zero-order valence-electron chi connectivity index (χ0n) is 21.2. The molecule has 0 unspecified atom stereocenters. The van der Waals surface area contributed by atoms with E-state index in [4.69, 9.17) is 12.3 Å². The summed E-state index contributed by atoms with van der Waals surface area (Å²) in [5.41, 5.74) is 3.65. The van der Waals surface area contributed by atoms with Crippen LogP contribution < -0.4 is 9.67 Å². The van der Waals surface area contributed by atoms with Crippen LogP contribution in [-0.4, -0.2) is 36.2 Å². The number of carbonyl (C=O) groups is 1. The van der Waals surface area contributed by atoms with Gasteiger partial charge in [-0.05, 0) is 76.4 Å². The van der Waals surface area contributed by atoms with Crippen molar-refractivity contribution in [3.05, 3.63) is 77.9 Å². The maximum absolute atomic E-state index is 11.7. The van der Waals surface area contributed by atoms with E-state index in [-0.39, 0.29) is 5.82 Å². The first-order chi connectivity index (χ1) is 15.7. The molecule has 10 heteroatoms. The second-order valence-electron chi connectivity index (χ2n) is 9.73. The first-order valence-corrected chi connectivity index (χ1v) is 19.7. The van der Waals surface area contributed by atoms with Gasteiger partial charge in [0.05, 0.1) is 0 Å². The van der Waals surface area contributed by atoms with Crippen LogP contribution in [0.4, 0.5) is 0 Å².